The van der Waals surface area contributed by atoms with Gasteiger partial charge in [-0.2, -0.15) is 0 Å². The zero-order valence-electron chi connectivity index (χ0n) is 15.4. The van der Waals surface area contributed by atoms with E-state index in [1.807, 2.05) is 55.5 Å². The van der Waals surface area contributed by atoms with Crippen molar-refractivity contribution in [2.45, 2.75) is 19.8 Å². The average Bonchev–Trinajstić information content (AvgIpc) is 3.07. The van der Waals surface area contributed by atoms with E-state index in [2.05, 4.69) is 25.9 Å². The van der Waals surface area contributed by atoms with Crippen molar-refractivity contribution in [3.8, 4) is 0 Å². The largest absolute Gasteiger partial charge is 0.466 e. The number of amides is 1. The second-order valence-corrected chi connectivity index (χ2v) is 7.01. The number of carbonyl (C=O) groups excluding carboxylic acids is 2. The van der Waals surface area contributed by atoms with Crippen molar-refractivity contribution in [2.24, 2.45) is 4.99 Å². The summed E-state index contributed by atoms with van der Waals surface area (Å²) in [5.41, 5.74) is 3.48. The normalized spacial score (nSPS) is 11.7. The molecule has 5 nitrogen and oxygen atoms in total. The SMILES string of the molecule is CCOC(=O)CCc1ccc2ccccc2n1.O=C1N=Cc2cc(Br)ccc21. The Bertz CT molecular complexity index is 1050. The minimum atomic E-state index is -0.164. The number of aromatic nitrogens is 1. The Hall–Kier alpha value is -2.86. The number of esters is 1. The zero-order chi connectivity index (χ0) is 19.9. The average molecular weight is 439 g/mol. The van der Waals surface area contributed by atoms with E-state index in [1.54, 1.807) is 12.3 Å². The summed E-state index contributed by atoms with van der Waals surface area (Å²) in [5.74, 6) is -0.310. The van der Waals surface area contributed by atoms with Crippen molar-refractivity contribution in [1.29, 1.82) is 0 Å². The van der Waals surface area contributed by atoms with Crippen molar-refractivity contribution >= 4 is 44.9 Å². The molecule has 0 saturated carbocycles. The Balaban J connectivity index is 0.000000176. The number of aryl methyl sites for hydroxylation is 1. The molecule has 0 atom stereocenters. The first-order valence-corrected chi connectivity index (χ1v) is 9.74. The predicted octanol–water partition coefficient (Wildman–Crippen LogP) is 4.75. The van der Waals surface area contributed by atoms with Gasteiger partial charge < -0.3 is 4.74 Å². The van der Waals surface area contributed by atoms with Crippen molar-refractivity contribution < 1.29 is 14.3 Å². The molecular formula is C22H19BrN2O3. The molecule has 3 aromatic rings. The summed E-state index contributed by atoms with van der Waals surface area (Å²) in [5, 5.41) is 1.12. The summed E-state index contributed by atoms with van der Waals surface area (Å²) < 4.78 is 5.85. The first kappa shape index (κ1) is 19.9. The van der Waals surface area contributed by atoms with Crippen LogP contribution in [0.1, 0.15) is 35.0 Å². The summed E-state index contributed by atoms with van der Waals surface area (Å²) in [6, 6.07) is 17.4. The van der Waals surface area contributed by atoms with Crippen molar-refractivity contribution in [3.05, 3.63) is 75.9 Å². The molecule has 0 radical (unpaired) electrons. The molecule has 1 aromatic heterocycles. The zero-order valence-corrected chi connectivity index (χ0v) is 17.0. The molecule has 0 unspecified atom stereocenters. The molecule has 0 spiro atoms. The number of para-hydroxylation sites is 1. The fourth-order valence-electron chi connectivity index (χ4n) is 2.74. The minimum absolute atomic E-state index is 0.146. The number of hydrogen-bond acceptors (Lipinski definition) is 4. The molecule has 0 bridgehead atoms. The first-order chi connectivity index (χ1) is 13.6. The third kappa shape index (κ3) is 5.10. The van der Waals surface area contributed by atoms with Crippen LogP contribution in [0.4, 0.5) is 0 Å². The number of nitrogens with zero attached hydrogens (tertiary/aromatic N) is 2. The van der Waals surface area contributed by atoms with Crippen LogP contribution in [0.5, 0.6) is 0 Å². The minimum Gasteiger partial charge on any atom is -0.466 e. The van der Waals surface area contributed by atoms with Crippen LogP contribution >= 0.6 is 15.9 Å². The summed E-state index contributed by atoms with van der Waals surface area (Å²) in [6.45, 7) is 2.25. The number of halogens is 1. The molecule has 0 aliphatic carbocycles. The fraction of sp³-hybridized carbons (Fsp3) is 0.182. The Morgan fingerprint density at radius 2 is 1.93 bits per heavy atom. The van der Waals surface area contributed by atoms with E-state index >= 15 is 0 Å². The first-order valence-electron chi connectivity index (χ1n) is 8.95. The van der Waals surface area contributed by atoms with E-state index in [0.29, 0.717) is 25.0 Å². The van der Waals surface area contributed by atoms with Gasteiger partial charge in [-0.05, 0) is 37.3 Å². The standard InChI is InChI=1S/C14H15NO2.C8H4BrNO/c1-2-17-14(16)10-9-12-8-7-11-5-3-4-6-13(11)15-12;9-6-1-2-7-5(3-6)4-10-8(7)11/h3-8H,2,9-10H2,1H3;1-4H. The van der Waals surface area contributed by atoms with Crippen molar-refractivity contribution in [3.63, 3.8) is 0 Å². The van der Waals surface area contributed by atoms with Gasteiger partial charge in [-0.3, -0.25) is 14.6 Å². The summed E-state index contributed by atoms with van der Waals surface area (Å²) in [7, 11) is 0. The van der Waals surface area contributed by atoms with Gasteiger partial charge in [-0.15, -0.1) is 0 Å². The van der Waals surface area contributed by atoms with E-state index in [-0.39, 0.29) is 11.9 Å². The second kappa shape index (κ2) is 9.37. The molecule has 28 heavy (non-hydrogen) atoms. The molecule has 6 heteroatoms. The molecule has 0 N–H and O–H groups in total. The van der Waals surface area contributed by atoms with Crippen LogP contribution in [-0.2, 0) is 16.0 Å². The monoisotopic (exact) mass is 438 g/mol. The summed E-state index contributed by atoms with van der Waals surface area (Å²) >= 11 is 3.31. The second-order valence-electron chi connectivity index (χ2n) is 6.10. The maximum Gasteiger partial charge on any atom is 0.306 e. The fourth-order valence-corrected chi connectivity index (χ4v) is 3.12. The Labute approximate surface area is 171 Å². The van der Waals surface area contributed by atoms with Gasteiger partial charge in [0.15, 0.2) is 0 Å². The van der Waals surface area contributed by atoms with E-state index in [0.717, 1.165) is 26.6 Å². The highest BCUT2D eigenvalue weighted by molar-refractivity contribution is 9.10. The van der Waals surface area contributed by atoms with Gasteiger partial charge in [-0.25, -0.2) is 4.99 Å². The topological polar surface area (TPSA) is 68.6 Å². The lowest BCUT2D eigenvalue weighted by molar-refractivity contribution is -0.143. The van der Waals surface area contributed by atoms with E-state index in [9.17, 15) is 9.59 Å². The molecule has 1 aliphatic heterocycles. The molecule has 2 heterocycles. The number of rotatable bonds is 4. The number of pyridine rings is 1. The third-order valence-corrected chi connectivity index (χ3v) is 4.60. The highest BCUT2D eigenvalue weighted by Crippen LogP contribution is 2.19. The van der Waals surface area contributed by atoms with Gasteiger partial charge in [0.1, 0.15) is 0 Å². The maximum atomic E-state index is 11.2. The van der Waals surface area contributed by atoms with Gasteiger partial charge in [-0.1, -0.05) is 40.2 Å². The number of ether oxygens (including phenoxy) is 1. The van der Waals surface area contributed by atoms with Crippen LogP contribution < -0.4 is 0 Å². The van der Waals surface area contributed by atoms with Gasteiger partial charge in [0.2, 0.25) is 0 Å². The molecule has 2 aromatic carbocycles. The van der Waals surface area contributed by atoms with Crippen LogP contribution in [0.3, 0.4) is 0 Å². The number of fused-ring (bicyclic) bond motifs is 2. The van der Waals surface area contributed by atoms with Crippen LogP contribution in [0.15, 0.2) is 64.1 Å². The molecule has 0 fully saturated rings. The lowest BCUT2D eigenvalue weighted by Gasteiger charge is -2.03. The molecule has 4 rings (SSSR count). The highest BCUT2D eigenvalue weighted by atomic mass is 79.9. The van der Waals surface area contributed by atoms with E-state index in [1.165, 1.54) is 0 Å². The Kier molecular flexibility index (Phi) is 6.66. The molecule has 1 aliphatic rings. The van der Waals surface area contributed by atoms with Gasteiger partial charge in [0.05, 0.1) is 24.1 Å². The summed E-state index contributed by atoms with van der Waals surface area (Å²) in [6.07, 6.45) is 2.60. The highest BCUT2D eigenvalue weighted by Gasteiger charge is 2.14. The van der Waals surface area contributed by atoms with Crippen LogP contribution in [-0.4, -0.2) is 29.7 Å². The van der Waals surface area contributed by atoms with Gasteiger partial charge >= 0.3 is 5.97 Å². The summed E-state index contributed by atoms with van der Waals surface area (Å²) in [4.78, 5) is 30.4. The lowest BCUT2D eigenvalue weighted by atomic mass is 10.1. The van der Waals surface area contributed by atoms with Crippen molar-refractivity contribution in [1.82, 2.24) is 4.98 Å². The quantitative estimate of drug-likeness (QED) is 0.550. The molecular weight excluding hydrogens is 420 g/mol. The predicted molar refractivity (Wildman–Crippen MR) is 113 cm³/mol. The number of aliphatic imine (C=N–C) groups is 1. The van der Waals surface area contributed by atoms with Crippen LogP contribution in [0, 0.1) is 0 Å². The lowest BCUT2D eigenvalue weighted by Crippen LogP contribution is -2.05. The van der Waals surface area contributed by atoms with Gasteiger partial charge in [0, 0.05) is 33.8 Å². The Morgan fingerprint density at radius 1 is 1.11 bits per heavy atom. The molecule has 1 amide bonds. The van der Waals surface area contributed by atoms with Crippen LogP contribution in [0.25, 0.3) is 10.9 Å². The number of carbonyl (C=O) groups is 2. The van der Waals surface area contributed by atoms with Gasteiger partial charge in [0.25, 0.3) is 5.91 Å². The number of benzene rings is 2. The molecule has 142 valence electrons. The smallest absolute Gasteiger partial charge is 0.306 e. The Morgan fingerprint density at radius 3 is 2.75 bits per heavy atom. The van der Waals surface area contributed by atoms with Crippen LogP contribution in [0.2, 0.25) is 0 Å². The van der Waals surface area contributed by atoms with E-state index in [4.69, 9.17) is 4.74 Å². The number of hydrogen-bond donors (Lipinski definition) is 0. The third-order valence-electron chi connectivity index (χ3n) is 4.11. The maximum absolute atomic E-state index is 11.2. The van der Waals surface area contributed by atoms with E-state index < -0.39 is 0 Å². The molecule has 0 saturated heterocycles. The van der Waals surface area contributed by atoms with Crippen molar-refractivity contribution in [2.75, 3.05) is 6.61 Å².